The number of rotatable bonds is 3. The summed E-state index contributed by atoms with van der Waals surface area (Å²) < 4.78 is 8.36. The van der Waals surface area contributed by atoms with Gasteiger partial charge < -0.3 is 4.74 Å². The van der Waals surface area contributed by atoms with Crippen molar-refractivity contribution in [2.45, 2.75) is 45.8 Å². The molecule has 100 valence electrons. The van der Waals surface area contributed by atoms with E-state index in [1.165, 1.54) is 0 Å². The summed E-state index contributed by atoms with van der Waals surface area (Å²) in [6.07, 6.45) is 3.59. The van der Waals surface area contributed by atoms with E-state index < -0.39 is 0 Å². The third kappa shape index (κ3) is 2.78. The van der Waals surface area contributed by atoms with Gasteiger partial charge in [-0.25, -0.2) is 4.79 Å². The molecule has 5 nitrogen and oxygen atoms in total. The summed E-state index contributed by atoms with van der Waals surface area (Å²) in [5.74, 6) is 0. The summed E-state index contributed by atoms with van der Waals surface area (Å²) in [6.45, 7) is 5.94. The molecule has 1 atom stereocenters. The highest BCUT2D eigenvalue weighted by molar-refractivity contribution is 14.1. The van der Waals surface area contributed by atoms with Crippen LogP contribution in [0.15, 0.2) is 6.20 Å². The molecule has 0 fully saturated rings. The lowest BCUT2D eigenvalue weighted by atomic mass is 10.2. The van der Waals surface area contributed by atoms with Crippen LogP contribution in [0.1, 0.15) is 32.4 Å². The van der Waals surface area contributed by atoms with E-state index in [9.17, 15) is 4.79 Å². The Morgan fingerprint density at radius 3 is 3.17 bits per heavy atom. The molecule has 2 rings (SSSR count). The maximum absolute atomic E-state index is 12.0. The number of fused-ring (bicyclic) bond motifs is 1. The first-order valence-corrected chi connectivity index (χ1v) is 7.35. The number of ether oxygens (including phenoxy) is 1. The fraction of sp³-hybridized carbons (Fsp3) is 0.667. The van der Waals surface area contributed by atoms with Crippen molar-refractivity contribution in [1.82, 2.24) is 14.7 Å². The number of nitrogens with zero attached hydrogens (tertiary/aromatic N) is 3. The van der Waals surface area contributed by atoms with Crippen LogP contribution >= 0.6 is 22.6 Å². The number of halogens is 1. The summed E-state index contributed by atoms with van der Waals surface area (Å²) >= 11 is 2.25. The molecule has 1 aliphatic heterocycles. The van der Waals surface area contributed by atoms with E-state index in [0.717, 1.165) is 28.7 Å². The van der Waals surface area contributed by atoms with Gasteiger partial charge in [0.15, 0.2) is 0 Å². The number of hydrogen-bond acceptors (Lipinski definition) is 3. The van der Waals surface area contributed by atoms with Crippen LogP contribution in [0.3, 0.4) is 0 Å². The van der Waals surface area contributed by atoms with Crippen molar-refractivity contribution < 1.29 is 9.53 Å². The molecule has 6 heteroatoms. The average molecular weight is 363 g/mol. The maximum Gasteiger partial charge on any atom is 0.410 e. The second kappa shape index (κ2) is 5.90. The second-order valence-corrected chi connectivity index (χ2v) is 5.73. The standard InChI is InChI=1S/C12H18IN3O2/c1-3-4-5-18-12(17)15-8-11-10(13)6-14-16(11)7-9(15)2/h6,9H,3-5,7-8H2,1-2H3. The topological polar surface area (TPSA) is 47.4 Å². The number of unbranched alkanes of at least 4 members (excludes halogenated alkanes) is 1. The lowest BCUT2D eigenvalue weighted by Crippen LogP contribution is -2.45. The third-order valence-electron chi connectivity index (χ3n) is 3.14. The summed E-state index contributed by atoms with van der Waals surface area (Å²) in [4.78, 5) is 13.8. The summed E-state index contributed by atoms with van der Waals surface area (Å²) in [7, 11) is 0. The van der Waals surface area contributed by atoms with E-state index in [-0.39, 0.29) is 12.1 Å². The lowest BCUT2D eigenvalue weighted by Gasteiger charge is -2.33. The Balaban J connectivity index is 2.02. The van der Waals surface area contributed by atoms with E-state index in [0.29, 0.717) is 13.2 Å². The van der Waals surface area contributed by atoms with E-state index in [4.69, 9.17) is 4.74 Å². The molecular weight excluding hydrogens is 345 g/mol. The van der Waals surface area contributed by atoms with Crippen LogP contribution in [-0.4, -0.2) is 33.4 Å². The highest BCUT2D eigenvalue weighted by atomic mass is 127. The Hall–Kier alpha value is -0.790. The van der Waals surface area contributed by atoms with Gasteiger partial charge in [0.05, 0.1) is 41.2 Å². The summed E-state index contributed by atoms with van der Waals surface area (Å²) in [5.41, 5.74) is 1.10. The van der Waals surface area contributed by atoms with Crippen LogP contribution in [0.5, 0.6) is 0 Å². The molecule has 2 heterocycles. The highest BCUT2D eigenvalue weighted by Crippen LogP contribution is 2.22. The predicted molar refractivity (Wildman–Crippen MR) is 76.2 cm³/mol. The van der Waals surface area contributed by atoms with Crippen LogP contribution < -0.4 is 0 Å². The van der Waals surface area contributed by atoms with Crippen LogP contribution in [0.4, 0.5) is 4.79 Å². The van der Waals surface area contributed by atoms with Crippen LogP contribution in [0, 0.1) is 3.57 Å². The largest absolute Gasteiger partial charge is 0.449 e. The summed E-state index contributed by atoms with van der Waals surface area (Å²) in [6, 6.07) is 0.127. The molecule has 1 aliphatic rings. The number of carbonyl (C=O) groups excluding carboxylic acids is 1. The highest BCUT2D eigenvalue weighted by Gasteiger charge is 2.29. The molecule has 0 N–H and O–H groups in total. The minimum absolute atomic E-state index is 0.127. The van der Waals surface area contributed by atoms with E-state index in [1.54, 1.807) is 4.90 Å². The first-order chi connectivity index (χ1) is 8.63. The lowest BCUT2D eigenvalue weighted by molar-refractivity contribution is 0.0710. The molecule has 1 aromatic heterocycles. The van der Waals surface area contributed by atoms with Gasteiger partial charge in [-0.05, 0) is 35.9 Å². The van der Waals surface area contributed by atoms with Crippen molar-refractivity contribution in [2.24, 2.45) is 0 Å². The Morgan fingerprint density at radius 2 is 2.44 bits per heavy atom. The minimum atomic E-state index is -0.209. The van der Waals surface area contributed by atoms with Gasteiger partial charge in [0.2, 0.25) is 0 Å². The zero-order chi connectivity index (χ0) is 13.1. The number of hydrogen-bond donors (Lipinski definition) is 0. The van der Waals surface area contributed by atoms with Crippen molar-refractivity contribution in [3.05, 3.63) is 15.5 Å². The predicted octanol–water partition coefficient (Wildman–Crippen LogP) is 2.63. The first-order valence-electron chi connectivity index (χ1n) is 6.27. The fourth-order valence-corrected chi connectivity index (χ4v) is 2.57. The van der Waals surface area contributed by atoms with Gasteiger partial charge in [-0.2, -0.15) is 5.10 Å². The van der Waals surface area contributed by atoms with Crippen molar-refractivity contribution in [2.75, 3.05) is 6.61 Å². The number of amides is 1. The molecule has 0 spiro atoms. The van der Waals surface area contributed by atoms with Crippen LogP contribution in [-0.2, 0) is 17.8 Å². The van der Waals surface area contributed by atoms with E-state index in [1.807, 2.05) is 17.8 Å². The van der Waals surface area contributed by atoms with Gasteiger partial charge in [0, 0.05) is 0 Å². The molecule has 0 aliphatic carbocycles. The van der Waals surface area contributed by atoms with Gasteiger partial charge in [-0.15, -0.1) is 0 Å². The fourth-order valence-electron chi connectivity index (χ4n) is 2.00. The van der Waals surface area contributed by atoms with Gasteiger partial charge in [0.25, 0.3) is 0 Å². The van der Waals surface area contributed by atoms with E-state index in [2.05, 4.69) is 34.6 Å². The second-order valence-electron chi connectivity index (χ2n) is 4.57. The smallest absolute Gasteiger partial charge is 0.410 e. The maximum atomic E-state index is 12.0. The SMILES string of the molecule is CCCCOC(=O)N1Cc2c(I)cnn2CC1C. The zero-order valence-electron chi connectivity index (χ0n) is 10.7. The van der Waals surface area contributed by atoms with Crippen molar-refractivity contribution in [3.63, 3.8) is 0 Å². The van der Waals surface area contributed by atoms with Gasteiger partial charge in [-0.1, -0.05) is 13.3 Å². The molecular formula is C12H18IN3O2. The van der Waals surface area contributed by atoms with Gasteiger partial charge in [-0.3, -0.25) is 9.58 Å². The molecule has 0 saturated heterocycles. The molecule has 0 aromatic carbocycles. The summed E-state index contributed by atoms with van der Waals surface area (Å²) in [5, 5.41) is 4.31. The number of aromatic nitrogens is 2. The Labute approximate surface area is 121 Å². The van der Waals surface area contributed by atoms with Gasteiger partial charge >= 0.3 is 6.09 Å². The van der Waals surface area contributed by atoms with Crippen LogP contribution in [0.2, 0.25) is 0 Å². The minimum Gasteiger partial charge on any atom is -0.449 e. The molecule has 0 radical (unpaired) electrons. The van der Waals surface area contributed by atoms with Crippen molar-refractivity contribution in [3.8, 4) is 0 Å². The van der Waals surface area contributed by atoms with E-state index >= 15 is 0 Å². The van der Waals surface area contributed by atoms with Crippen LogP contribution in [0.25, 0.3) is 0 Å². The van der Waals surface area contributed by atoms with Crippen molar-refractivity contribution in [1.29, 1.82) is 0 Å². The molecule has 1 unspecified atom stereocenters. The average Bonchev–Trinajstić information content (AvgIpc) is 2.69. The quantitative estimate of drug-likeness (QED) is 0.613. The Kier molecular flexibility index (Phi) is 4.47. The van der Waals surface area contributed by atoms with Crippen molar-refractivity contribution >= 4 is 28.7 Å². The molecule has 1 amide bonds. The van der Waals surface area contributed by atoms with Gasteiger partial charge in [0.1, 0.15) is 0 Å². The normalized spacial score (nSPS) is 18.6. The monoisotopic (exact) mass is 363 g/mol. The third-order valence-corrected chi connectivity index (χ3v) is 4.05. The molecule has 0 saturated carbocycles. The molecule has 1 aromatic rings. The number of carbonyl (C=O) groups is 1. The zero-order valence-corrected chi connectivity index (χ0v) is 12.9. The first kappa shape index (κ1) is 13.6. The molecule has 18 heavy (non-hydrogen) atoms. The Morgan fingerprint density at radius 1 is 1.67 bits per heavy atom. The Bertz CT molecular complexity index is 433. The molecule has 0 bridgehead atoms.